The number of rotatable bonds is 4. The largest absolute Gasteiger partial charge is 0.384 e. The van der Waals surface area contributed by atoms with Crippen LogP contribution in [-0.2, 0) is 11.3 Å². The zero-order valence-electron chi connectivity index (χ0n) is 18.8. The number of benzene rings is 1. The lowest BCUT2D eigenvalue weighted by Crippen LogP contribution is -2.42. The molecule has 3 aromatic rings. The fourth-order valence-electron chi connectivity index (χ4n) is 4.81. The monoisotopic (exact) mass is 490 g/mol. The Morgan fingerprint density at radius 3 is 2.74 bits per heavy atom. The highest BCUT2D eigenvalue weighted by Gasteiger charge is 2.45. The Hall–Kier alpha value is -3.41. The second-order valence-corrected chi connectivity index (χ2v) is 10.8. The van der Waals surface area contributed by atoms with E-state index in [9.17, 15) is 10.1 Å². The summed E-state index contributed by atoms with van der Waals surface area (Å²) in [7, 11) is 0. The van der Waals surface area contributed by atoms with E-state index in [-0.39, 0.29) is 11.2 Å². The number of Topliss-reactive ketones (excluding diaryl/α,β-unsaturated/α-hetero) is 1. The number of thiophene rings is 1. The summed E-state index contributed by atoms with van der Waals surface area (Å²) in [5, 5.41) is 17.0. The molecule has 2 aliphatic rings. The molecule has 172 valence electrons. The van der Waals surface area contributed by atoms with Gasteiger partial charge in [0, 0.05) is 33.3 Å². The Morgan fingerprint density at radius 2 is 2.06 bits per heavy atom. The fourth-order valence-corrected chi connectivity index (χ4v) is 5.96. The summed E-state index contributed by atoms with van der Waals surface area (Å²) in [6, 6.07) is 11.7. The van der Waals surface area contributed by atoms with Gasteiger partial charge in [0.1, 0.15) is 18.5 Å². The smallest absolute Gasteiger partial charge is 0.162 e. The first kappa shape index (κ1) is 22.4. The lowest BCUT2D eigenvalue weighted by molar-refractivity contribution is -0.118. The van der Waals surface area contributed by atoms with E-state index in [1.165, 1.54) is 17.7 Å². The molecule has 0 bridgehead atoms. The van der Waals surface area contributed by atoms with Crippen LogP contribution in [0.25, 0.3) is 0 Å². The van der Waals surface area contributed by atoms with Crippen LogP contribution in [0.2, 0.25) is 5.02 Å². The highest BCUT2D eigenvalue weighted by atomic mass is 35.5. The highest BCUT2D eigenvalue weighted by Crippen LogP contribution is 2.51. The molecule has 3 heterocycles. The predicted octanol–water partition coefficient (Wildman–Crippen LogP) is 4.98. The molecule has 9 heteroatoms. The Labute approximate surface area is 206 Å². The molecule has 1 aliphatic heterocycles. The van der Waals surface area contributed by atoms with Gasteiger partial charge in [-0.25, -0.2) is 9.67 Å². The van der Waals surface area contributed by atoms with Gasteiger partial charge in [-0.2, -0.15) is 10.4 Å². The average Bonchev–Trinajstić information content (AvgIpc) is 3.46. The summed E-state index contributed by atoms with van der Waals surface area (Å²) < 4.78 is 1.74. The van der Waals surface area contributed by atoms with E-state index in [4.69, 9.17) is 17.3 Å². The standard InChI is InChI=1S/C25H23ClN6OS/c1-25(2)8-19-23(20(33)9-25)22(21-7-15(12-34-21)11-31-14-29-13-30-31)18(10-27)24(28)32(19)17-5-3-16(26)4-6-17/h3-7,12-14,22H,8-9,11,28H2,1-2H3. The van der Waals surface area contributed by atoms with Crippen molar-refractivity contribution in [2.24, 2.45) is 11.1 Å². The van der Waals surface area contributed by atoms with Crippen molar-refractivity contribution >= 4 is 34.4 Å². The van der Waals surface area contributed by atoms with Crippen LogP contribution in [0.1, 0.15) is 43.0 Å². The van der Waals surface area contributed by atoms with E-state index < -0.39 is 5.92 Å². The van der Waals surface area contributed by atoms with E-state index in [0.29, 0.717) is 41.4 Å². The van der Waals surface area contributed by atoms with Crippen molar-refractivity contribution in [3.8, 4) is 6.07 Å². The molecule has 7 nitrogen and oxygen atoms in total. The quantitative estimate of drug-likeness (QED) is 0.553. The van der Waals surface area contributed by atoms with Crippen molar-refractivity contribution in [2.45, 2.75) is 39.2 Å². The van der Waals surface area contributed by atoms with E-state index >= 15 is 0 Å². The maximum Gasteiger partial charge on any atom is 0.162 e. The average molecular weight is 491 g/mol. The second-order valence-electron chi connectivity index (χ2n) is 9.41. The summed E-state index contributed by atoms with van der Waals surface area (Å²) >= 11 is 7.65. The topological polar surface area (TPSA) is 101 Å². The number of allylic oxidation sites excluding steroid dienone is 3. The maximum atomic E-state index is 13.6. The third-order valence-electron chi connectivity index (χ3n) is 6.24. The Morgan fingerprint density at radius 1 is 1.29 bits per heavy atom. The molecule has 1 unspecified atom stereocenters. The molecule has 0 amide bonds. The third kappa shape index (κ3) is 3.91. The molecule has 34 heavy (non-hydrogen) atoms. The molecule has 2 aromatic heterocycles. The number of carbonyl (C=O) groups is 1. The molecule has 2 N–H and O–H groups in total. The fraction of sp³-hybridized carbons (Fsp3) is 0.280. The maximum absolute atomic E-state index is 13.6. The number of aromatic nitrogens is 3. The first-order chi connectivity index (χ1) is 16.3. The number of nitrogens with zero attached hydrogens (tertiary/aromatic N) is 5. The minimum absolute atomic E-state index is 0.0571. The number of ketones is 1. The van der Waals surface area contributed by atoms with Gasteiger partial charge in [0.2, 0.25) is 0 Å². The highest BCUT2D eigenvalue weighted by molar-refractivity contribution is 7.10. The first-order valence-corrected chi connectivity index (χ1v) is 12.1. The van der Waals surface area contributed by atoms with E-state index in [1.54, 1.807) is 23.1 Å². The van der Waals surface area contributed by atoms with Crippen molar-refractivity contribution in [3.63, 3.8) is 0 Å². The van der Waals surface area contributed by atoms with Gasteiger partial charge in [-0.3, -0.25) is 9.69 Å². The summed E-state index contributed by atoms with van der Waals surface area (Å²) in [5.41, 5.74) is 10.2. The van der Waals surface area contributed by atoms with E-state index in [0.717, 1.165) is 21.8 Å². The Bertz CT molecular complexity index is 1360. The number of halogens is 1. The summed E-state index contributed by atoms with van der Waals surface area (Å²) in [6.07, 6.45) is 4.25. The van der Waals surface area contributed by atoms with Crippen LogP contribution in [0.3, 0.4) is 0 Å². The molecule has 0 radical (unpaired) electrons. The predicted molar refractivity (Wildman–Crippen MR) is 132 cm³/mol. The summed E-state index contributed by atoms with van der Waals surface area (Å²) in [4.78, 5) is 20.4. The normalized spacial score (nSPS) is 19.9. The zero-order valence-corrected chi connectivity index (χ0v) is 20.4. The van der Waals surface area contributed by atoms with E-state index in [2.05, 4.69) is 30.0 Å². The van der Waals surface area contributed by atoms with Gasteiger partial charge in [0.05, 0.1) is 24.1 Å². The van der Waals surface area contributed by atoms with Crippen molar-refractivity contribution in [2.75, 3.05) is 4.90 Å². The van der Waals surface area contributed by atoms with Crippen molar-refractivity contribution in [3.05, 3.63) is 86.5 Å². The van der Waals surface area contributed by atoms with Crippen LogP contribution in [-0.4, -0.2) is 20.5 Å². The number of nitrogens with two attached hydrogens (primary N) is 1. The lowest BCUT2D eigenvalue weighted by Gasteiger charge is -2.43. The van der Waals surface area contributed by atoms with Gasteiger partial charge < -0.3 is 5.73 Å². The Balaban J connectivity index is 1.66. The molecular weight excluding hydrogens is 468 g/mol. The van der Waals surface area contributed by atoms with Crippen LogP contribution in [0.4, 0.5) is 5.69 Å². The summed E-state index contributed by atoms with van der Waals surface area (Å²) in [6.45, 7) is 4.74. The number of hydrogen-bond acceptors (Lipinski definition) is 7. The molecule has 0 fully saturated rings. The van der Waals surface area contributed by atoms with Gasteiger partial charge in [-0.1, -0.05) is 25.4 Å². The molecule has 1 atom stereocenters. The molecule has 1 aliphatic carbocycles. The first-order valence-electron chi connectivity index (χ1n) is 10.9. The van der Waals surface area contributed by atoms with Gasteiger partial charge in [0.25, 0.3) is 0 Å². The number of hydrogen-bond donors (Lipinski definition) is 1. The van der Waals surface area contributed by atoms with Gasteiger partial charge >= 0.3 is 0 Å². The summed E-state index contributed by atoms with van der Waals surface area (Å²) in [5.74, 6) is -0.0753. The third-order valence-corrected chi connectivity index (χ3v) is 7.53. The minimum atomic E-state index is -0.485. The second kappa shape index (κ2) is 8.42. The van der Waals surface area contributed by atoms with Crippen LogP contribution in [0.15, 0.2) is 71.0 Å². The molecule has 0 saturated heterocycles. The molecule has 5 rings (SSSR count). The lowest BCUT2D eigenvalue weighted by atomic mass is 9.69. The van der Waals surface area contributed by atoms with Crippen molar-refractivity contribution < 1.29 is 4.79 Å². The van der Waals surface area contributed by atoms with Crippen LogP contribution in [0, 0.1) is 16.7 Å². The Kier molecular flexibility index (Phi) is 5.54. The van der Waals surface area contributed by atoms with Crippen LogP contribution < -0.4 is 10.6 Å². The van der Waals surface area contributed by atoms with E-state index in [1.807, 2.05) is 28.5 Å². The molecule has 0 saturated carbocycles. The van der Waals surface area contributed by atoms with Crippen LogP contribution >= 0.6 is 22.9 Å². The molecule has 0 spiro atoms. The molecule has 1 aromatic carbocycles. The van der Waals surface area contributed by atoms with Crippen molar-refractivity contribution in [1.82, 2.24) is 14.8 Å². The van der Waals surface area contributed by atoms with Gasteiger partial charge in [0.15, 0.2) is 5.78 Å². The number of carbonyl (C=O) groups excluding carboxylic acids is 1. The van der Waals surface area contributed by atoms with Crippen molar-refractivity contribution in [1.29, 1.82) is 5.26 Å². The number of nitriles is 1. The van der Waals surface area contributed by atoms with Crippen LogP contribution in [0.5, 0.6) is 0 Å². The SMILES string of the molecule is CC1(C)CC(=O)C2=C(C1)N(c1ccc(Cl)cc1)C(N)=C(C#N)C2c1cc(Cn2cncn2)cs1. The molecular formula is C25H23ClN6OS. The van der Waals surface area contributed by atoms with Gasteiger partial charge in [-0.05, 0) is 53.1 Å². The minimum Gasteiger partial charge on any atom is -0.384 e. The van der Waals surface area contributed by atoms with Gasteiger partial charge in [-0.15, -0.1) is 11.3 Å². The number of anilines is 1. The zero-order chi connectivity index (χ0) is 24.0.